The smallest absolute Gasteiger partial charge is 0.407 e. The number of ketones is 3. The van der Waals surface area contributed by atoms with Crippen molar-refractivity contribution in [3.05, 3.63) is 65.6 Å². The van der Waals surface area contributed by atoms with Crippen molar-refractivity contribution in [2.75, 3.05) is 71.6 Å². The van der Waals surface area contributed by atoms with Crippen molar-refractivity contribution in [1.29, 1.82) is 0 Å². The van der Waals surface area contributed by atoms with Crippen molar-refractivity contribution in [3.8, 4) is 0 Å². The molecule has 3 saturated heterocycles. The lowest BCUT2D eigenvalue weighted by atomic mass is 9.78. The molecule has 0 radical (unpaired) electrons. The third-order valence-corrected chi connectivity index (χ3v) is 18.2. The summed E-state index contributed by atoms with van der Waals surface area (Å²) < 4.78 is 35.9. The zero-order valence-electron chi connectivity index (χ0n) is 52.7. The van der Waals surface area contributed by atoms with Gasteiger partial charge in [0.25, 0.3) is 11.7 Å². The van der Waals surface area contributed by atoms with E-state index in [2.05, 4.69) is 32.0 Å². The van der Waals surface area contributed by atoms with E-state index in [4.69, 9.17) is 28.4 Å². The summed E-state index contributed by atoms with van der Waals surface area (Å²) in [4.78, 5) is 99.4. The standard InChI is InChI=1S/C65H100N6O15/c1-11-30-83-31-29-69-25-27-70(28-26-69)63-66-38-49(39-67-63)40-68-64(79)85-53-23-21-48(35-56(53)82-10)34-44(5)55-37-52(72)43(4)33-46(7)58(74)59(75)57(73)45(6)32-41(2)17-13-12-14-18-42(3)54(81-9)36-50-22-20-47(8)65(80,86-50)60(76)61(77)71-24-16-15-19-51(71)62(78)84-55/h12-14,17-18,33,38-39,41,43-45,47-48,50-51,53-56,58-59,74-75,80H,11,15-16,19-32,34-37,40H2,1-10H3,(H,68,79)/b14-12+,17-13+,42-18+,46-33+/t41-,43-,44-,45-,47-,48+,50+,51+,53-,54+,55+,56-,58-,59+,65-/m1/s1. The molecule has 86 heavy (non-hydrogen) atoms. The van der Waals surface area contributed by atoms with Crippen LogP contribution < -0.4 is 10.2 Å². The molecule has 2 bridgehead atoms. The number of nitrogens with zero attached hydrogens (tertiary/aromatic N) is 5. The number of amides is 2. The highest BCUT2D eigenvalue weighted by molar-refractivity contribution is 6.39. The van der Waals surface area contributed by atoms with Gasteiger partial charge in [-0.05, 0) is 113 Å². The summed E-state index contributed by atoms with van der Waals surface area (Å²) in [6.07, 6.45) is 12.8. The van der Waals surface area contributed by atoms with Gasteiger partial charge in [0, 0.05) is 115 Å². The number of hydrogen-bond donors (Lipinski definition) is 4. The molecule has 21 nitrogen and oxygen atoms in total. The van der Waals surface area contributed by atoms with Crippen LogP contribution in [0.2, 0.25) is 0 Å². The lowest BCUT2D eigenvalue weighted by Gasteiger charge is -2.42. The van der Waals surface area contributed by atoms with Crippen molar-refractivity contribution in [1.82, 2.24) is 25.1 Å². The summed E-state index contributed by atoms with van der Waals surface area (Å²) in [6.45, 7) is 20.4. The summed E-state index contributed by atoms with van der Waals surface area (Å²) in [6, 6.07) is -1.21. The molecule has 4 fully saturated rings. The van der Waals surface area contributed by atoms with E-state index < -0.39 is 108 Å². The van der Waals surface area contributed by atoms with Crippen LogP contribution in [0.4, 0.5) is 10.7 Å². The predicted molar refractivity (Wildman–Crippen MR) is 323 cm³/mol. The number of fused-ring (bicyclic) bond motifs is 3. The fraction of sp³-hybridized carbons (Fsp3) is 0.723. The van der Waals surface area contributed by atoms with E-state index in [1.807, 2.05) is 51.2 Å². The Hall–Kier alpha value is -5.26. The Morgan fingerprint density at radius 3 is 2.27 bits per heavy atom. The van der Waals surface area contributed by atoms with Gasteiger partial charge in [-0.2, -0.15) is 0 Å². The van der Waals surface area contributed by atoms with Crippen LogP contribution in [0.25, 0.3) is 0 Å². The lowest BCUT2D eigenvalue weighted by Crippen LogP contribution is -2.61. The molecule has 1 aromatic heterocycles. The van der Waals surface area contributed by atoms with Gasteiger partial charge < -0.3 is 58.9 Å². The Bertz CT molecular complexity index is 2520. The lowest BCUT2D eigenvalue weighted by molar-refractivity contribution is -0.265. The van der Waals surface area contributed by atoms with Gasteiger partial charge in [-0.1, -0.05) is 78.0 Å². The number of alkyl carbamates (subject to hydrolysis) is 1. The second kappa shape index (κ2) is 33.9. The van der Waals surface area contributed by atoms with E-state index in [0.717, 1.165) is 57.9 Å². The van der Waals surface area contributed by atoms with Crippen LogP contribution in [0.5, 0.6) is 0 Å². The fourth-order valence-corrected chi connectivity index (χ4v) is 12.6. The Kier molecular flexibility index (Phi) is 27.5. The van der Waals surface area contributed by atoms with E-state index >= 15 is 0 Å². The molecule has 5 heterocycles. The quantitative estimate of drug-likeness (QED) is 0.0646. The van der Waals surface area contributed by atoms with Crippen molar-refractivity contribution in [3.63, 3.8) is 0 Å². The third-order valence-electron chi connectivity index (χ3n) is 18.2. The molecule has 0 unspecified atom stereocenters. The Labute approximate surface area is 509 Å². The first-order chi connectivity index (χ1) is 41.1. The van der Waals surface area contributed by atoms with Gasteiger partial charge in [0.1, 0.15) is 36.2 Å². The monoisotopic (exact) mass is 1200 g/mol. The molecule has 15 atom stereocenters. The van der Waals surface area contributed by atoms with Crippen LogP contribution >= 0.6 is 0 Å². The first-order valence-electron chi connectivity index (χ1n) is 31.5. The SMILES string of the molecule is CCCOCCN1CCN(c2ncc(CNC(=O)O[C@@H]3CC[C@@H](C[C@@H](C)[C@@H]4CC(=O)[C@H](C)/C=C(\C)[C@@H](O)[C@@H](O)C(=O)[C@H](C)C[C@H](C)/C=C/C=C/C=C(\C)[C@@H](OC)C[C@@H]5CC[C@@H](C)[C@@](O)(O5)C(=O)C(=O)N5CCCC[C@H]5C(=O)O4)C[C@H]3OC)cn2)CC1. The first kappa shape index (κ1) is 69.8. The second-order valence-electron chi connectivity index (χ2n) is 24.9. The minimum atomic E-state index is -2.47. The van der Waals surface area contributed by atoms with Gasteiger partial charge >= 0.3 is 12.1 Å². The van der Waals surface area contributed by atoms with E-state index in [1.54, 1.807) is 54.3 Å². The van der Waals surface area contributed by atoms with Gasteiger partial charge in [0.15, 0.2) is 5.78 Å². The predicted octanol–water partition coefficient (Wildman–Crippen LogP) is 6.80. The molecule has 6 rings (SSSR count). The van der Waals surface area contributed by atoms with Crippen LogP contribution in [0.1, 0.15) is 144 Å². The number of allylic oxidation sites excluding steroid dienone is 6. The van der Waals surface area contributed by atoms with Crippen molar-refractivity contribution >= 4 is 41.3 Å². The van der Waals surface area contributed by atoms with Crippen LogP contribution in [-0.2, 0) is 58.9 Å². The van der Waals surface area contributed by atoms with Crippen LogP contribution in [0.15, 0.2) is 60.0 Å². The van der Waals surface area contributed by atoms with E-state index in [0.29, 0.717) is 69.3 Å². The summed E-state index contributed by atoms with van der Waals surface area (Å²) in [5.74, 6) is -8.46. The highest BCUT2D eigenvalue weighted by atomic mass is 16.6. The topological polar surface area (TPSA) is 266 Å². The number of hydrogen-bond acceptors (Lipinski definition) is 19. The highest BCUT2D eigenvalue weighted by Gasteiger charge is 2.53. The average molecular weight is 1210 g/mol. The summed E-state index contributed by atoms with van der Waals surface area (Å²) in [5, 5.41) is 37.3. The number of Topliss-reactive ketones (excluding diaryl/α,β-unsaturated/α-hetero) is 3. The molecular formula is C65H100N6O15. The van der Waals surface area contributed by atoms with Crippen molar-refractivity contribution in [2.24, 2.45) is 35.5 Å². The Morgan fingerprint density at radius 2 is 1.57 bits per heavy atom. The maximum atomic E-state index is 14.7. The molecule has 4 N–H and O–H groups in total. The van der Waals surface area contributed by atoms with Crippen LogP contribution in [0, 0.1) is 35.5 Å². The number of cyclic esters (lactones) is 1. The molecule has 1 saturated carbocycles. The van der Waals surface area contributed by atoms with Gasteiger partial charge in [-0.3, -0.25) is 24.1 Å². The molecule has 0 spiro atoms. The molecule has 0 aromatic carbocycles. The van der Waals surface area contributed by atoms with Gasteiger partial charge in [-0.25, -0.2) is 19.6 Å². The number of rotatable bonds is 14. The average Bonchev–Trinajstić information content (AvgIpc) is 3.43. The molecule has 1 aromatic rings. The van der Waals surface area contributed by atoms with E-state index in [1.165, 1.54) is 11.0 Å². The number of anilines is 1. The Morgan fingerprint density at radius 1 is 0.837 bits per heavy atom. The number of ether oxygens (including phenoxy) is 6. The summed E-state index contributed by atoms with van der Waals surface area (Å²) >= 11 is 0. The molecule has 5 aliphatic rings. The zero-order chi connectivity index (χ0) is 62.7. The van der Waals surface area contributed by atoms with Crippen LogP contribution in [-0.4, -0.2) is 192 Å². The number of aromatic nitrogens is 2. The number of piperidine rings is 1. The molecule has 480 valence electrons. The second-order valence-corrected chi connectivity index (χ2v) is 24.9. The number of carbonyl (C=O) groups excluding carboxylic acids is 6. The number of aliphatic hydroxyl groups excluding tert-OH is 2. The largest absolute Gasteiger partial charge is 0.460 e. The fourth-order valence-electron chi connectivity index (χ4n) is 12.6. The molecule has 2 amide bonds. The minimum Gasteiger partial charge on any atom is -0.460 e. The maximum Gasteiger partial charge on any atom is 0.407 e. The molecular weight excluding hydrogens is 1100 g/mol. The molecule has 21 heteroatoms. The number of methoxy groups -OCH3 is 2. The number of esters is 1. The highest BCUT2D eigenvalue weighted by Crippen LogP contribution is 2.38. The summed E-state index contributed by atoms with van der Waals surface area (Å²) in [5.41, 5.74) is 1.79. The number of carbonyl (C=O) groups is 6. The van der Waals surface area contributed by atoms with E-state index in [-0.39, 0.29) is 55.5 Å². The van der Waals surface area contributed by atoms with E-state index in [9.17, 15) is 44.1 Å². The van der Waals surface area contributed by atoms with Crippen molar-refractivity contribution in [2.45, 2.75) is 200 Å². The zero-order valence-corrected chi connectivity index (χ0v) is 52.7. The van der Waals surface area contributed by atoms with Crippen LogP contribution in [0.3, 0.4) is 0 Å². The normalized spacial score (nSPS) is 34.6. The number of aliphatic hydroxyl groups is 3. The van der Waals surface area contributed by atoms with Gasteiger partial charge in [-0.15, -0.1) is 0 Å². The minimum absolute atomic E-state index is 0.0155. The van der Waals surface area contributed by atoms with Gasteiger partial charge in [0.05, 0.1) is 24.9 Å². The van der Waals surface area contributed by atoms with Gasteiger partial charge in [0.2, 0.25) is 11.7 Å². The van der Waals surface area contributed by atoms with Crippen molar-refractivity contribution < 1.29 is 72.5 Å². The Balaban J connectivity index is 1.15. The number of piperazine rings is 1. The third kappa shape index (κ3) is 19.6. The first-order valence-corrected chi connectivity index (χ1v) is 31.5. The molecule has 1 aliphatic carbocycles. The number of nitrogens with one attached hydrogen (secondary N) is 1. The summed E-state index contributed by atoms with van der Waals surface area (Å²) in [7, 11) is 3.12. The molecule has 4 aliphatic heterocycles. The maximum absolute atomic E-state index is 14.7.